The summed E-state index contributed by atoms with van der Waals surface area (Å²) in [6.07, 6.45) is 1.75. The first kappa shape index (κ1) is 16.8. The van der Waals surface area contributed by atoms with E-state index < -0.39 is 11.4 Å². The predicted octanol–water partition coefficient (Wildman–Crippen LogP) is 2.75. The number of hydrogen-bond donors (Lipinski definition) is 1. The van der Waals surface area contributed by atoms with Crippen LogP contribution in [0, 0.1) is 11.3 Å². The largest absolute Gasteiger partial charge is 0.598 e. The molecule has 0 radical (unpaired) electrons. The Kier molecular flexibility index (Phi) is 4.30. The van der Waals surface area contributed by atoms with E-state index in [1.54, 1.807) is 18.5 Å². The van der Waals surface area contributed by atoms with E-state index in [4.69, 9.17) is 10.00 Å². The lowest BCUT2D eigenvalue weighted by atomic mass is 10.1. The topological polar surface area (TPSA) is 85.9 Å². The number of nitriles is 1. The highest BCUT2D eigenvalue weighted by atomic mass is 32.2. The van der Waals surface area contributed by atoms with Gasteiger partial charge in [0.05, 0.1) is 34.7 Å². The van der Waals surface area contributed by atoms with Crippen molar-refractivity contribution >= 4 is 11.4 Å². The Bertz CT molecular complexity index is 804. The molecule has 2 atom stereocenters. The second-order valence-corrected chi connectivity index (χ2v) is 8.75. The highest BCUT2D eigenvalue weighted by Gasteiger charge is 2.31. The van der Waals surface area contributed by atoms with Crippen molar-refractivity contribution in [2.45, 2.75) is 45.1 Å². The average Bonchev–Trinajstić information content (AvgIpc) is 2.97. The van der Waals surface area contributed by atoms with Gasteiger partial charge >= 0.3 is 0 Å². The van der Waals surface area contributed by atoms with Crippen molar-refractivity contribution in [3.8, 4) is 17.5 Å². The summed E-state index contributed by atoms with van der Waals surface area (Å²) in [5.41, 5.74) is 3.17. The molecule has 3 rings (SSSR count). The van der Waals surface area contributed by atoms with Crippen molar-refractivity contribution < 1.29 is 9.29 Å². The SMILES string of the molecule is C[C@H](N[S+]([O-])C(C)(C)C)c1ncn2c1COc1cc(C#N)ccc1-2. The van der Waals surface area contributed by atoms with E-state index in [1.807, 2.05) is 38.3 Å². The maximum Gasteiger partial charge on any atom is 0.145 e. The number of aromatic nitrogens is 2. The van der Waals surface area contributed by atoms with Crippen LogP contribution in [-0.4, -0.2) is 18.9 Å². The van der Waals surface area contributed by atoms with Crippen LogP contribution in [-0.2, 0) is 18.0 Å². The predicted molar refractivity (Wildman–Crippen MR) is 92.1 cm³/mol. The lowest BCUT2D eigenvalue weighted by Crippen LogP contribution is -2.40. The highest BCUT2D eigenvalue weighted by molar-refractivity contribution is 7.90. The molecule has 1 aromatic carbocycles. The van der Waals surface area contributed by atoms with Crippen molar-refractivity contribution in [3.63, 3.8) is 0 Å². The maximum atomic E-state index is 12.3. The summed E-state index contributed by atoms with van der Waals surface area (Å²) in [4.78, 5) is 4.50. The fourth-order valence-electron chi connectivity index (χ4n) is 2.54. The van der Waals surface area contributed by atoms with Gasteiger partial charge in [0.25, 0.3) is 0 Å². The molecular formula is C17H20N4O2S. The number of nitrogens with zero attached hydrogens (tertiary/aromatic N) is 3. The summed E-state index contributed by atoms with van der Waals surface area (Å²) in [6.45, 7) is 8.10. The standard InChI is InChI=1S/C17H20N4O2S/c1-11(20-24(22)17(2,3)4)16-14-9-23-15-7-12(8-18)5-6-13(15)21(14)10-19-16/h5-7,10-11,20H,9H2,1-4H3/t11-,24?/m0/s1. The van der Waals surface area contributed by atoms with E-state index in [9.17, 15) is 4.55 Å². The Balaban J connectivity index is 1.90. The fourth-order valence-corrected chi connectivity index (χ4v) is 3.32. The van der Waals surface area contributed by atoms with Crippen LogP contribution in [0.4, 0.5) is 0 Å². The first-order valence-corrected chi connectivity index (χ1v) is 8.87. The van der Waals surface area contributed by atoms with Gasteiger partial charge in [0.15, 0.2) is 0 Å². The van der Waals surface area contributed by atoms with Crippen LogP contribution in [0.2, 0.25) is 0 Å². The van der Waals surface area contributed by atoms with Crippen molar-refractivity contribution in [2.75, 3.05) is 0 Å². The van der Waals surface area contributed by atoms with E-state index in [2.05, 4.69) is 15.8 Å². The number of nitrogens with one attached hydrogen (secondary N) is 1. The first-order chi connectivity index (χ1) is 11.3. The molecule has 2 heterocycles. The Morgan fingerprint density at radius 1 is 1.46 bits per heavy atom. The van der Waals surface area contributed by atoms with Crippen LogP contribution in [0.5, 0.6) is 5.75 Å². The van der Waals surface area contributed by atoms with E-state index in [0.717, 1.165) is 17.1 Å². The van der Waals surface area contributed by atoms with Crippen molar-refractivity contribution in [2.24, 2.45) is 0 Å². The Morgan fingerprint density at radius 3 is 2.88 bits per heavy atom. The highest BCUT2D eigenvalue weighted by Crippen LogP contribution is 2.33. The van der Waals surface area contributed by atoms with Crippen LogP contribution in [0.1, 0.15) is 50.7 Å². The molecule has 1 aliphatic rings. The van der Waals surface area contributed by atoms with Crippen molar-refractivity contribution in [1.29, 1.82) is 5.26 Å². The second-order valence-electron chi connectivity index (χ2n) is 6.75. The smallest absolute Gasteiger partial charge is 0.145 e. The lowest BCUT2D eigenvalue weighted by molar-refractivity contribution is 0.282. The van der Waals surface area contributed by atoms with Crippen molar-refractivity contribution in [3.05, 3.63) is 41.5 Å². The van der Waals surface area contributed by atoms with E-state index >= 15 is 0 Å². The molecule has 0 saturated carbocycles. The fraction of sp³-hybridized carbons (Fsp3) is 0.412. The molecule has 0 amide bonds. The van der Waals surface area contributed by atoms with Gasteiger partial charge in [-0.2, -0.15) is 5.26 Å². The van der Waals surface area contributed by atoms with Gasteiger partial charge in [-0.15, -0.1) is 4.72 Å². The molecule has 1 aliphatic heterocycles. The molecule has 7 heteroatoms. The van der Waals surface area contributed by atoms with Gasteiger partial charge in [0.2, 0.25) is 0 Å². The van der Waals surface area contributed by atoms with Gasteiger partial charge < -0.3 is 9.29 Å². The zero-order valence-corrected chi connectivity index (χ0v) is 15.0. The molecule has 0 aliphatic carbocycles. The van der Waals surface area contributed by atoms with Crippen molar-refractivity contribution in [1.82, 2.24) is 14.3 Å². The number of rotatable bonds is 3. The van der Waals surface area contributed by atoms with Gasteiger partial charge in [0.1, 0.15) is 23.4 Å². The molecule has 1 N–H and O–H groups in total. The number of hydrogen-bond acceptors (Lipinski definition) is 5. The molecule has 2 aromatic rings. The molecule has 1 aromatic heterocycles. The van der Waals surface area contributed by atoms with Crippen LogP contribution < -0.4 is 9.46 Å². The Hall–Kier alpha value is -2.01. The third-order valence-corrected chi connectivity index (χ3v) is 5.54. The molecule has 0 bridgehead atoms. The van der Waals surface area contributed by atoms with Gasteiger partial charge in [-0.1, -0.05) is 0 Å². The minimum Gasteiger partial charge on any atom is -0.598 e. The molecule has 0 saturated heterocycles. The average molecular weight is 344 g/mol. The summed E-state index contributed by atoms with van der Waals surface area (Å²) in [6, 6.07) is 7.29. The normalized spacial score (nSPS) is 15.7. The van der Waals surface area contributed by atoms with Gasteiger partial charge in [-0.3, -0.25) is 4.57 Å². The quantitative estimate of drug-likeness (QED) is 0.865. The summed E-state index contributed by atoms with van der Waals surface area (Å²) in [5, 5.41) is 9.00. The molecule has 126 valence electrons. The number of imidazole rings is 1. The number of benzene rings is 1. The van der Waals surface area contributed by atoms with Crippen LogP contribution >= 0.6 is 0 Å². The van der Waals surface area contributed by atoms with Crippen LogP contribution in [0.25, 0.3) is 5.69 Å². The summed E-state index contributed by atoms with van der Waals surface area (Å²) in [7, 11) is 0. The second kappa shape index (κ2) is 6.13. The monoisotopic (exact) mass is 344 g/mol. The summed E-state index contributed by atoms with van der Waals surface area (Å²) in [5.74, 6) is 0.671. The summed E-state index contributed by atoms with van der Waals surface area (Å²) < 4.78 is 22.8. The summed E-state index contributed by atoms with van der Waals surface area (Å²) >= 11 is -1.18. The lowest BCUT2D eigenvalue weighted by Gasteiger charge is -2.27. The zero-order chi connectivity index (χ0) is 17.5. The number of ether oxygens (including phenoxy) is 1. The van der Waals surface area contributed by atoms with Gasteiger partial charge in [-0.05, 0) is 39.8 Å². The molecule has 24 heavy (non-hydrogen) atoms. The van der Waals surface area contributed by atoms with Gasteiger partial charge in [-0.25, -0.2) is 4.98 Å². The third-order valence-electron chi connectivity index (χ3n) is 3.86. The molecular weight excluding hydrogens is 324 g/mol. The molecule has 0 fully saturated rings. The zero-order valence-electron chi connectivity index (χ0n) is 14.2. The Morgan fingerprint density at radius 2 is 2.21 bits per heavy atom. The maximum absolute atomic E-state index is 12.3. The van der Waals surface area contributed by atoms with Gasteiger partial charge in [0, 0.05) is 17.4 Å². The van der Waals surface area contributed by atoms with E-state index in [-0.39, 0.29) is 10.8 Å². The minimum absolute atomic E-state index is 0.162. The van der Waals surface area contributed by atoms with Crippen LogP contribution in [0.3, 0.4) is 0 Å². The van der Waals surface area contributed by atoms with E-state index in [1.165, 1.54) is 0 Å². The number of fused-ring (bicyclic) bond motifs is 3. The third kappa shape index (κ3) is 3.00. The first-order valence-electron chi connectivity index (χ1n) is 7.72. The minimum atomic E-state index is -1.18. The molecule has 0 spiro atoms. The molecule has 1 unspecified atom stereocenters. The molecule has 6 nitrogen and oxygen atoms in total. The Labute approximate surface area is 144 Å². The van der Waals surface area contributed by atoms with E-state index in [0.29, 0.717) is 17.9 Å². The van der Waals surface area contributed by atoms with Crippen LogP contribution in [0.15, 0.2) is 24.5 Å².